The molecule has 144 valence electrons. The summed E-state index contributed by atoms with van der Waals surface area (Å²) in [5.74, 6) is -5.50. The second kappa shape index (κ2) is 7.85. The Morgan fingerprint density at radius 3 is 2.15 bits per heavy atom. The molecule has 11 heteroatoms. The lowest BCUT2D eigenvalue weighted by Crippen LogP contribution is -2.28. The van der Waals surface area contributed by atoms with Gasteiger partial charge in [-0.2, -0.15) is 21.6 Å². The number of fused-ring (bicyclic) bond motifs is 1. The normalized spacial score (nSPS) is 11.5. The van der Waals surface area contributed by atoms with Gasteiger partial charge in [0, 0.05) is 13.0 Å². The third-order valence-electron chi connectivity index (χ3n) is 2.69. The number of rotatable bonds is 3. The molecule has 2 aromatic carbocycles. The first kappa shape index (κ1) is 21.6. The van der Waals surface area contributed by atoms with E-state index in [2.05, 4.69) is 8.92 Å². The van der Waals surface area contributed by atoms with Crippen LogP contribution < -0.4 is 8.92 Å². The van der Waals surface area contributed by atoms with Gasteiger partial charge in [0.1, 0.15) is 5.75 Å². The monoisotopic (exact) mass is 400 g/mol. The summed E-state index contributed by atoms with van der Waals surface area (Å²) in [5.41, 5.74) is -5.79. The molecule has 0 saturated heterocycles. The van der Waals surface area contributed by atoms with Crippen LogP contribution in [0.4, 0.5) is 22.0 Å². The average molecular weight is 400 g/mol. The molecule has 0 heterocycles. The van der Waals surface area contributed by atoms with Gasteiger partial charge in [-0.25, -0.2) is 8.78 Å². The molecule has 0 aliphatic rings. The van der Waals surface area contributed by atoms with Crippen LogP contribution in [0.1, 0.15) is 20.8 Å². The Morgan fingerprint density at radius 2 is 1.65 bits per heavy atom. The lowest BCUT2D eigenvalue weighted by atomic mass is 10.1. The first-order valence-corrected chi connectivity index (χ1v) is 8.44. The van der Waals surface area contributed by atoms with Gasteiger partial charge in [-0.1, -0.05) is 19.9 Å². The number of hydrogen-bond acceptors (Lipinski definition) is 5. The predicted octanol–water partition coefficient (Wildman–Crippen LogP) is 4.30. The average Bonchev–Trinajstić information content (AvgIpc) is 2.50. The molecule has 0 bridgehead atoms. The molecule has 0 aliphatic carbocycles. The Bertz CT molecular complexity index is 922. The third-order valence-corrected chi connectivity index (χ3v) is 3.66. The summed E-state index contributed by atoms with van der Waals surface area (Å²) in [5, 5.41) is -1.08. The van der Waals surface area contributed by atoms with Crippen molar-refractivity contribution in [2.24, 2.45) is 0 Å². The number of halogens is 5. The highest BCUT2D eigenvalue weighted by Gasteiger charge is 2.49. The SMILES string of the molecule is CC.CC(=O)Oc1cc(OS(=O)(=O)C(F)(F)F)c2c(F)c(F)ccc2c1. The highest BCUT2D eigenvalue weighted by Crippen LogP contribution is 2.37. The van der Waals surface area contributed by atoms with Crippen molar-refractivity contribution in [3.05, 3.63) is 35.9 Å². The van der Waals surface area contributed by atoms with Gasteiger partial charge in [0.15, 0.2) is 17.4 Å². The van der Waals surface area contributed by atoms with E-state index in [4.69, 9.17) is 0 Å². The van der Waals surface area contributed by atoms with Gasteiger partial charge in [-0.15, -0.1) is 0 Å². The van der Waals surface area contributed by atoms with Crippen LogP contribution in [0.3, 0.4) is 0 Å². The number of ether oxygens (including phenoxy) is 1. The molecule has 0 radical (unpaired) electrons. The Morgan fingerprint density at radius 1 is 1.08 bits per heavy atom. The van der Waals surface area contributed by atoms with Crippen molar-refractivity contribution in [2.75, 3.05) is 0 Å². The quantitative estimate of drug-likeness (QED) is 0.253. The van der Waals surface area contributed by atoms with Gasteiger partial charge in [-0.05, 0) is 17.5 Å². The molecule has 26 heavy (non-hydrogen) atoms. The molecule has 0 amide bonds. The fraction of sp³-hybridized carbons (Fsp3) is 0.267. The number of benzene rings is 2. The number of hydrogen-bond donors (Lipinski definition) is 0. The lowest BCUT2D eigenvalue weighted by Gasteiger charge is -2.13. The van der Waals surface area contributed by atoms with Crippen LogP contribution in [0.2, 0.25) is 0 Å². The minimum absolute atomic E-state index is 0.236. The Labute approximate surface area is 145 Å². The van der Waals surface area contributed by atoms with Crippen molar-refractivity contribution in [3.63, 3.8) is 0 Å². The molecule has 2 aromatic rings. The van der Waals surface area contributed by atoms with Crippen LogP contribution in [0, 0.1) is 11.6 Å². The fourth-order valence-electron chi connectivity index (χ4n) is 1.79. The maximum absolute atomic E-state index is 13.9. The van der Waals surface area contributed by atoms with E-state index in [0.29, 0.717) is 12.1 Å². The molecular formula is C15H13F5O5S. The first-order valence-electron chi connectivity index (χ1n) is 7.03. The van der Waals surface area contributed by atoms with Crippen molar-refractivity contribution in [2.45, 2.75) is 26.3 Å². The lowest BCUT2D eigenvalue weighted by molar-refractivity contribution is -0.131. The second-order valence-electron chi connectivity index (χ2n) is 4.46. The van der Waals surface area contributed by atoms with E-state index < -0.39 is 50.1 Å². The molecule has 5 nitrogen and oxygen atoms in total. The van der Waals surface area contributed by atoms with Crippen molar-refractivity contribution >= 4 is 26.9 Å². The number of carbonyl (C=O) groups excluding carboxylic acids is 1. The first-order chi connectivity index (χ1) is 11.9. The number of carbonyl (C=O) groups is 1. The van der Waals surface area contributed by atoms with Gasteiger partial charge >= 0.3 is 21.6 Å². The van der Waals surface area contributed by atoms with E-state index in [1.54, 1.807) is 0 Å². The number of alkyl halides is 3. The zero-order chi connectivity index (χ0) is 20.3. The zero-order valence-corrected chi connectivity index (χ0v) is 14.5. The molecule has 0 aromatic heterocycles. The van der Waals surface area contributed by atoms with Crippen molar-refractivity contribution in [3.8, 4) is 11.5 Å². The van der Waals surface area contributed by atoms with Gasteiger partial charge < -0.3 is 8.92 Å². The molecule has 0 saturated carbocycles. The molecule has 0 fully saturated rings. The topological polar surface area (TPSA) is 69.7 Å². The summed E-state index contributed by atoms with van der Waals surface area (Å²) in [6.45, 7) is 4.97. The summed E-state index contributed by atoms with van der Waals surface area (Å²) in [6, 6.07) is 3.16. The van der Waals surface area contributed by atoms with Gasteiger partial charge in [0.25, 0.3) is 0 Å². The van der Waals surface area contributed by atoms with Crippen LogP contribution in [0.25, 0.3) is 10.8 Å². The summed E-state index contributed by atoms with van der Waals surface area (Å²) in [6.07, 6.45) is 0. The predicted molar refractivity (Wildman–Crippen MR) is 82.1 cm³/mol. The maximum Gasteiger partial charge on any atom is 0.534 e. The van der Waals surface area contributed by atoms with E-state index in [-0.39, 0.29) is 5.39 Å². The Hall–Kier alpha value is -2.43. The minimum atomic E-state index is -6.15. The molecule has 0 aliphatic heterocycles. The van der Waals surface area contributed by atoms with Gasteiger partial charge in [0.2, 0.25) is 0 Å². The molecule has 0 atom stereocenters. The summed E-state index contributed by atoms with van der Waals surface area (Å²) in [7, 11) is -6.15. The second-order valence-corrected chi connectivity index (χ2v) is 6.00. The fourth-order valence-corrected chi connectivity index (χ4v) is 2.25. The van der Waals surface area contributed by atoms with Crippen LogP contribution in [-0.4, -0.2) is 19.9 Å². The largest absolute Gasteiger partial charge is 0.534 e. The molecule has 0 unspecified atom stereocenters. The summed E-state index contributed by atoms with van der Waals surface area (Å²) >= 11 is 0. The Kier molecular flexibility index (Phi) is 6.53. The van der Waals surface area contributed by atoms with Crippen LogP contribution >= 0.6 is 0 Å². The molecule has 2 rings (SSSR count). The third kappa shape index (κ3) is 4.59. The molecular weight excluding hydrogens is 387 g/mol. The van der Waals surface area contributed by atoms with Crippen molar-refractivity contribution in [1.82, 2.24) is 0 Å². The van der Waals surface area contributed by atoms with Crippen molar-refractivity contribution < 1.29 is 44.1 Å². The Balaban J connectivity index is 0.00000163. The molecule has 0 N–H and O–H groups in total. The maximum atomic E-state index is 13.9. The van der Waals surface area contributed by atoms with E-state index in [1.165, 1.54) is 0 Å². The zero-order valence-electron chi connectivity index (χ0n) is 13.6. The van der Waals surface area contributed by atoms with E-state index in [1.807, 2.05) is 13.8 Å². The van der Waals surface area contributed by atoms with E-state index in [0.717, 1.165) is 19.1 Å². The molecule has 0 spiro atoms. The van der Waals surface area contributed by atoms with Crippen LogP contribution in [0.15, 0.2) is 24.3 Å². The smallest absolute Gasteiger partial charge is 0.427 e. The summed E-state index contributed by atoms with van der Waals surface area (Å²) in [4.78, 5) is 10.9. The highest BCUT2D eigenvalue weighted by atomic mass is 32.2. The van der Waals surface area contributed by atoms with E-state index in [9.17, 15) is 35.2 Å². The number of esters is 1. The summed E-state index contributed by atoms with van der Waals surface area (Å²) < 4.78 is 95.3. The van der Waals surface area contributed by atoms with Gasteiger partial charge in [-0.3, -0.25) is 4.79 Å². The standard InChI is InChI=1S/C13H7F5O5S.C2H6/c1-6(19)22-8-4-7-2-3-9(14)12(15)11(7)10(5-8)23-24(20,21)13(16,17)18;1-2/h2-5H,1H3;1-2H3. The van der Waals surface area contributed by atoms with Crippen molar-refractivity contribution in [1.29, 1.82) is 0 Å². The van der Waals surface area contributed by atoms with Crippen LogP contribution in [0.5, 0.6) is 11.5 Å². The highest BCUT2D eigenvalue weighted by molar-refractivity contribution is 7.88. The van der Waals surface area contributed by atoms with Crippen LogP contribution in [-0.2, 0) is 14.9 Å². The van der Waals surface area contributed by atoms with Gasteiger partial charge in [0.05, 0.1) is 5.39 Å². The minimum Gasteiger partial charge on any atom is -0.427 e. The van der Waals surface area contributed by atoms with E-state index >= 15 is 0 Å².